The van der Waals surface area contributed by atoms with Crippen LogP contribution in [0.2, 0.25) is 0 Å². The van der Waals surface area contributed by atoms with Gasteiger partial charge in [0.15, 0.2) is 5.82 Å². The molecule has 132 valence electrons. The number of hydrogen-bond donors (Lipinski definition) is 1. The minimum Gasteiger partial charge on any atom is -0.465 e. The number of fused-ring (bicyclic) bond motifs is 1. The summed E-state index contributed by atoms with van der Waals surface area (Å²) in [7, 11) is 1.30. The van der Waals surface area contributed by atoms with E-state index in [1.165, 1.54) is 25.3 Å². The summed E-state index contributed by atoms with van der Waals surface area (Å²) in [6, 6.07) is 12.4. The predicted molar refractivity (Wildman–Crippen MR) is 106 cm³/mol. The van der Waals surface area contributed by atoms with Crippen LogP contribution in [0.15, 0.2) is 52.2 Å². The number of methoxy groups -OCH3 is 1. The summed E-state index contributed by atoms with van der Waals surface area (Å²) in [6.07, 6.45) is 3.73. The van der Waals surface area contributed by atoms with E-state index in [9.17, 15) is 9.59 Å². The number of rotatable bonds is 4. The Morgan fingerprint density at radius 1 is 1.23 bits per heavy atom. The van der Waals surface area contributed by atoms with E-state index in [1.807, 2.05) is 30.5 Å². The topological polar surface area (TPSA) is 72.1 Å². The first-order valence-corrected chi connectivity index (χ1v) is 9.26. The molecule has 3 aromatic rings. The van der Waals surface area contributed by atoms with E-state index in [0.717, 1.165) is 10.5 Å². The van der Waals surface area contributed by atoms with Gasteiger partial charge in [0, 0.05) is 4.90 Å². The quantitative estimate of drug-likeness (QED) is 0.538. The van der Waals surface area contributed by atoms with Crippen molar-refractivity contribution in [3.8, 4) is 0 Å². The number of benzene rings is 2. The highest BCUT2D eigenvalue weighted by Crippen LogP contribution is 2.22. The summed E-state index contributed by atoms with van der Waals surface area (Å²) in [4.78, 5) is 32.2. The maximum Gasteiger partial charge on any atom is 0.337 e. The lowest BCUT2D eigenvalue weighted by Crippen LogP contribution is -2.11. The second-order valence-corrected chi connectivity index (χ2v) is 6.69. The monoisotopic (exact) mass is 386 g/mol. The zero-order valence-electron chi connectivity index (χ0n) is 14.1. The summed E-state index contributed by atoms with van der Waals surface area (Å²) in [5.41, 5.74) is 1.25. The molecule has 0 atom stereocenters. The number of ether oxygens (including phenoxy) is 1. The van der Waals surface area contributed by atoms with Gasteiger partial charge in [0.25, 0.3) is 5.56 Å². The van der Waals surface area contributed by atoms with Gasteiger partial charge >= 0.3 is 5.97 Å². The van der Waals surface area contributed by atoms with E-state index in [1.54, 1.807) is 17.8 Å². The SMILES string of the molecule is COC(=O)c1ccc2c(=O)[nH]c(/C(Cl)=C\c3ccc(SC)cc3)nc2c1. The van der Waals surface area contributed by atoms with E-state index in [0.29, 0.717) is 21.5 Å². The fourth-order valence-corrected chi connectivity index (χ4v) is 3.04. The smallest absolute Gasteiger partial charge is 0.337 e. The van der Waals surface area contributed by atoms with Crippen LogP contribution in [0.1, 0.15) is 21.7 Å². The molecule has 7 heteroatoms. The molecule has 1 heterocycles. The fourth-order valence-electron chi connectivity index (χ4n) is 2.41. The molecule has 0 radical (unpaired) electrons. The van der Waals surface area contributed by atoms with Crippen molar-refractivity contribution in [2.75, 3.05) is 13.4 Å². The van der Waals surface area contributed by atoms with Gasteiger partial charge < -0.3 is 9.72 Å². The molecular formula is C19H15ClN2O3S. The number of thioether (sulfide) groups is 1. The second-order valence-electron chi connectivity index (χ2n) is 5.40. The van der Waals surface area contributed by atoms with Crippen molar-refractivity contribution in [2.45, 2.75) is 4.90 Å². The zero-order valence-corrected chi connectivity index (χ0v) is 15.6. The van der Waals surface area contributed by atoms with Crippen LogP contribution in [0.5, 0.6) is 0 Å². The Morgan fingerprint density at radius 2 is 1.96 bits per heavy atom. The Hall–Kier alpha value is -2.57. The summed E-state index contributed by atoms with van der Waals surface area (Å²) >= 11 is 8.00. The molecule has 5 nitrogen and oxygen atoms in total. The largest absolute Gasteiger partial charge is 0.465 e. The van der Waals surface area contributed by atoms with E-state index >= 15 is 0 Å². The Bertz CT molecular complexity index is 1060. The van der Waals surface area contributed by atoms with Crippen molar-refractivity contribution >= 4 is 51.3 Å². The van der Waals surface area contributed by atoms with Crippen molar-refractivity contribution in [2.24, 2.45) is 0 Å². The molecule has 1 N–H and O–H groups in total. The molecule has 0 saturated carbocycles. The van der Waals surface area contributed by atoms with Crippen LogP contribution < -0.4 is 5.56 Å². The van der Waals surface area contributed by atoms with Crippen LogP contribution in [0.3, 0.4) is 0 Å². The van der Waals surface area contributed by atoms with Crippen LogP contribution in [0.25, 0.3) is 22.0 Å². The third-order valence-electron chi connectivity index (χ3n) is 3.76. The maximum absolute atomic E-state index is 12.3. The molecule has 26 heavy (non-hydrogen) atoms. The number of aromatic nitrogens is 2. The number of halogens is 1. The van der Waals surface area contributed by atoms with E-state index in [2.05, 4.69) is 9.97 Å². The fraction of sp³-hybridized carbons (Fsp3) is 0.105. The van der Waals surface area contributed by atoms with Crippen LogP contribution in [-0.4, -0.2) is 29.3 Å². The molecule has 0 fully saturated rings. The third kappa shape index (κ3) is 3.81. The predicted octanol–water partition coefficient (Wildman–Crippen LogP) is 4.17. The van der Waals surface area contributed by atoms with E-state index in [4.69, 9.17) is 16.3 Å². The molecule has 0 amide bonds. The molecule has 0 bridgehead atoms. The average molecular weight is 387 g/mol. The number of aromatic amines is 1. The van der Waals surface area contributed by atoms with Crippen molar-refractivity contribution in [3.63, 3.8) is 0 Å². The number of H-pyrrole nitrogens is 1. The lowest BCUT2D eigenvalue weighted by atomic mass is 10.1. The van der Waals surface area contributed by atoms with Gasteiger partial charge in [0.2, 0.25) is 0 Å². The molecule has 0 aliphatic heterocycles. The highest BCUT2D eigenvalue weighted by Gasteiger charge is 2.11. The lowest BCUT2D eigenvalue weighted by molar-refractivity contribution is 0.0601. The van der Waals surface area contributed by atoms with Gasteiger partial charge in [-0.25, -0.2) is 9.78 Å². The number of esters is 1. The Labute approximate surface area is 159 Å². The van der Waals surface area contributed by atoms with Crippen molar-refractivity contribution in [1.82, 2.24) is 9.97 Å². The van der Waals surface area contributed by atoms with Crippen molar-refractivity contribution < 1.29 is 9.53 Å². The lowest BCUT2D eigenvalue weighted by Gasteiger charge is -2.04. The highest BCUT2D eigenvalue weighted by molar-refractivity contribution is 7.98. The number of carbonyl (C=O) groups is 1. The van der Waals surface area contributed by atoms with Gasteiger partial charge in [-0.3, -0.25) is 4.79 Å². The molecule has 0 spiro atoms. The number of hydrogen-bond acceptors (Lipinski definition) is 5. The molecular weight excluding hydrogens is 372 g/mol. The molecule has 1 aromatic heterocycles. The van der Waals surface area contributed by atoms with Crippen LogP contribution in [-0.2, 0) is 4.74 Å². The minimum atomic E-state index is -0.494. The van der Waals surface area contributed by atoms with Gasteiger partial charge in [-0.05, 0) is 48.2 Å². The van der Waals surface area contributed by atoms with Crippen LogP contribution in [0, 0.1) is 0 Å². The molecule has 3 rings (SSSR count). The van der Waals surface area contributed by atoms with Crippen LogP contribution >= 0.6 is 23.4 Å². The van der Waals surface area contributed by atoms with Gasteiger partial charge in [0.05, 0.1) is 28.6 Å². The van der Waals surface area contributed by atoms with Gasteiger partial charge in [-0.1, -0.05) is 23.7 Å². The molecule has 2 aromatic carbocycles. The third-order valence-corrected chi connectivity index (χ3v) is 4.79. The van der Waals surface area contributed by atoms with Crippen molar-refractivity contribution in [3.05, 3.63) is 69.8 Å². The highest BCUT2D eigenvalue weighted by atomic mass is 35.5. The minimum absolute atomic E-state index is 0.236. The molecule has 0 unspecified atom stereocenters. The summed E-state index contributed by atoms with van der Waals surface area (Å²) in [5, 5.41) is 0.666. The first-order chi connectivity index (χ1) is 12.5. The summed E-state index contributed by atoms with van der Waals surface area (Å²) in [6.45, 7) is 0. The molecule has 0 aliphatic rings. The van der Waals surface area contributed by atoms with Gasteiger partial charge in [-0.2, -0.15) is 0 Å². The number of nitrogens with zero attached hydrogens (tertiary/aromatic N) is 1. The van der Waals surface area contributed by atoms with Gasteiger partial charge in [-0.15, -0.1) is 11.8 Å². The second kappa shape index (κ2) is 7.76. The Morgan fingerprint density at radius 3 is 2.62 bits per heavy atom. The van der Waals surface area contributed by atoms with E-state index in [-0.39, 0.29) is 11.4 Å². The van der Waals surface area contributed by atoms with Gasteiger partial charge in [0.1, 0.15) is 0 Å². The van der Waals surface area contributed by atoms with E-state index < -0.39 is 5.97 Å². The molecule has 0 aliphatic carbocycles. The number of carbonyl (C=O) groups excluding carboxylic acids is 1. The van der Waals surface area contributed by atoms with Crippen LogP contribution in [0.4, 0.5) is 0 Å². The van der Waals surface area contributed by atoms with Crippen molar-refractivity contribution in [1.29, 1.82) is 0 Å². The normalized spacial score (nSPS) is 11.6. The summed E-state index contributed by atoms with van der Waals surface area (Å²) < 4.78 is 4.70. The Kier molecular flexibility index (Phi) is 5.44. The summed E-state index contributed by atoms with van der Waals surface area (Å²) in [5.74, 6) is -0.258. The standard InChI is InChI=1S/C19H15ClN2O3S/c1-25-19(24)12-5-8-14-16(10-12)21-17(22-18(14)23)15(20)9-11-3-6-13(26-2)7-4-11/h3-10H,1-2H3,(H,21,22,23)/b15-9+. The zero-order chi connectivity index (χ0) is 18.7. The molecule has 0 saturated heterocycles. The maximum atomic E-state index is 12.3. The first kappa shape index (κ1) is 18.2. The number of nitrogens with one attached hydrogen (secondary N) is 1. The Balaban J connectivity index is 2.04. The average Bonchev–Trinajstić information content (AvgIpc) is 2.67. The first-order valence-electron chi connectivity index (χ1n) is 7.66.